The Kier molecular flexibility index (Phi) is 5.37. The predicted molar refractivity (Wildman–Crippen MR) is 129 cm³/mol. The maximum Gasteiger partial charge on any atom is 0.241 e. The van der Waals surface area contributed by atoms with Crippen molar-refractivity contribution in [2.75, 3.05) is 0 Å². The number of fused-ring (bicyclic) bond motifs is 2. The lowest BCUT2D eigenvalue weighted by atomic mass is 9.81. The molecule has 0 fully saturated rings. The van der Waals surface area contributed by atoms with Gasteiger partial charge < -0.3 is 0 Å². The summed E-state index contributed by atoms with van der Waals surface area (Å²) in [6.07, 6.45) is 6.69. The van der Waals surface area contributed by atoms with Gasteiger partial charge in [0.1, 0.15) is 0 Å². The first kappa shape index (κ1) is 20.6. The van der Waals surface area contributed by atoms with Crippen LogP contribution in [0.2, 0.25) is 0 Å². The van der Waals surface area contributed by atoms with Gasteiger partial charge in [0.25, 0.3) is 0 Å². The van der Waals surface area contributed by atoms with Gasteiger partial charge in [-0.1, -0.05) is 78.4 Å². The van der Waals surface area contributed by atoms with Gasteiger partial charge in [-0.2, -0.15) is 0 Å². The van der Waals surface area contributed by atoms with Gasteiger partial charge >= 0.3 is 0 Å². The highest BCUT2D eigenvalue weighted by molar-refractivity contribution is 7.89. The number of aryl methyl sites for hydroxylation is 1. The molecule has 5 heteroatoms. The van der Waals surface area contributed by atoms with Gasteiger partial charge in [0.05, 0.1) is 16.5 Å². The SMILES string of the molecule is Cc1ccc(S(=O)(=O)N[C@@H]2c3ccccc3C=C[C@@H]2Cc2cccc3cccnc23)cc1. The fourth-order valence-corrected chi connectivity index (χ4v) is 5.66. The number of para-hydroxylation sites is 1. The fourth-order valence-electron chi connectivity index (χ4n) is 4.39. The molecule has 0 spiro atoms. The third-order valence-electron chi connectivity index (χ3n) is 6.07. The van der Waals surface area contributed by atoms with E-state index in [1.165, 1.54) is 0 Å². The first-order valence-electron chi connectivity index (χ1n) is 10.7. The molecule has 1 aromatic heterocycles. The molecule has 0 aliphatic heterocycles. The Bertz CT molecular complexity index is 1400. The number of pyridine rings is 1. The van der Waals surface area contributed by atoms with E-state index in [1.54, 1.807) is 18.3 Å². The number of hydrogen-bond donors (Lipinski definition) is 1. The maximum atomic E-state index is 13.3. The Hall–Kier alpha value is -3.28. The van der Waals surface area contributed by atoms with Gasteiger partial charge in [-0.3, -0.25) is 4.98 Å². The number of aromatic nitrogens is 1. The summed E-state index contributed by atoms with van der Waals surface area (Å²) in [5, 5.41) is 1.09. The second-order valence-corrected chi connectivity index (χ2v) is 9.97. The van der Waals surface area contributed by atoms with Crippen LogP contribution in [0.1, 0.15) is 28.3 Å². The van der Waals surface area contributed by atoms with Crippen molar-refractivity contribution >= 4 is 27.0 Å². The summed E-state index contributed by atoms with van der Waals surface area (Å²) in [4.78, 5) is 4.86. The number of nitrogens with one attached hydrogen (secondary N) is 1. The molecule has 32 heavy (non-hydrogen) atoms. The topological polar surface area (TPSA) is 59.1 Å². The molecule has 0 bridgehead atoms. The fraction of sp³-hybridized carbons (Fsp3) is 0.148. The van der Waals surface area contributed by atoms with Crippen LogP contribution in [0.4, 0.5) is 0 Å². The average Bonchev–Trinajstić information content (AvgIpc) is 2.81. The molecule has 4 nitrogen and oxygen atoms in total. The monoisotopic (exact) mass is 440 g/mol. The molecule has 160 valence electrons. The van der Waals surface area contributed by atoms with Gasteiger partial charge in [-0.05, 0) is 48.2 Å². The Balaban J connectivity index is 1.53. The summed E-state index contributed by atoms with van der Waals surface area (Å²) >= 11 is 0. The Morgan fingerprint density at radius 3 is 2.53 bits per heavy atom. The molecule has 1 aliphatic rings. The summed E-state index contributed by atoms with van der Waals surface area (Å²) in [6.45, 7) is 1.94. The minimum Gasteiger partial charge on any atom is -0.256 e. The van der Waals surface area contributed by atoms with Gasteiger partial charge in [-0.15, -0.1) is 0 Å². The molecule has 1 N–H and O–H groups in total. The van der Waals surface area contributed by atoms with Crippen LogP contribution in [-0.2, 0) is 16.4 Å². The number of benzene rings is 3. The van der Waals surface area contributed by atoms with E-state index in [-0.39, 0.29) is 16.9 Å². The lowest BCUT2D eigenvalue weighted by Gasteiger charge is -2.31. The van der Waals surface area contributed by atoms with E-state index >= 15 is 0 Å². The smallest absolute Gasteiger partial charge is 0.241 e. The molecular formula is C27H24N2O2S. The van der Waals surface area contributed by atoms with Crippen molar-refractivity contribution in [2.45, 2.75) is 24.3 Å². The molecule has 1 heterocycles. The highest BCUT2D eigenvalue weighted by atomic mass is 32.2. The summed E-state index contributed by atoms with van der Waals surface area (Å²) in [7, 11) is -3.69. The first-order chi connectivity index (χ1) is 15.5. The van der Waals surface area contributed by atoms with Crippen LogP contribution in [0.25, 0.3) is 17.0 Å². The summed E-state index contributed by atoms with van der Waals surface area (Å²) in [6, 6.07) is 24.7. The van der Waals surface area contributed by atoms with Gasteiger partial charge in [-0.25, -0.2) is 13.1 Å². The van der Waals surface area contributed by atoms with E-state index in [0.717, 1.165) is 33.2 Å². The molecule has 3 aromatic carbocycles. The van der Waals surface area contributed by atoms with Crippen LogP contribution in [0.5, 0.6) is 0 Å². The normalized spacial score (nSPS) is 17.9. The lowest BCUT2D eigenvalue weighted by molar-refractivity contribution is 0.465. The molecule has 0 radical (unpaired) electrons. The van der Waals surface area contributed by atoms with Crippen molar-refractivity contribution in [1.82, 2.24) is 9.71 Å². The quantitative estimate of drug-likeness (QED) is 0.449. The lowest BCUT2D eigenvalue weighted by Crippen LogP contribution is -2.35. The van der Waals surface area contributed by atoms with Crippen molar-refractivity contribution in [3.05, 3.63) is 113 Å². The van der Waals surface area contributed by atoms with Crippen LogP contribution in [0.15, 0.2) is 96.0 Å². The van der Waals surface area contributed by atoms with Crippen LogP contribution >= 0.6 is 0 Å². The zero-order chi connectivity index (χ0) is 22.1. The Morgan fingerprint density at radius 2 is 1.69 bits per heavy atom. The third-order valence-corrected chi connectivity index (χ3v) is 7.52. The number of rotatable bonds is 5. The first-order valence-corrected chi connectivity index (χ1v) is 12.2. The minimum absolute atomic E-state index is 0.0438. The van der Waals surface area contributed by atoms with Crippen LogP contribution in [-0.4, -0.2) is 13.4 Å². The van der Waals surface area contributed by atoms with E-state index in [1.807, 2.05) is 55.5 Å². The van der Waals surface area contributed by atoms with E-state index in [0.29, 0.717) is 6.42 Å². The van der Waals surface area contributed by atoms with Crippen molar-refractivity contribution in [1.29, 1.82) is 0 Å². The second-order valence-electron chi connectivity index (χ2n) is 8.26. The largest absolute Gasteiger partial charge is 0.256 e. The van der Waals surface area contributed by atoms with E-state index < -0.39 is 10.0 Å². The van der Waals surface area contributed by atoms with Crippen molar-refractivity contribution < 1.29 is 8.42 Å². The van der Waals surface area contributed by atoms with E-state index in [9.17, 15) is 8.42 Å². The van der Waals surface area contributed by atoms with Gasteiger partial charge in [0.2, 0.25) is 10.0 Å². The van der Waals surface area contributed by atoms with Crippen molar-refractivity contribution in [2.24, 2.45) is 5.92 Å². The number of sulfonamides is 1. The van der Waals surface area contributed by atoms with Crippen molar-refractivity contribution in [3.63, 3.8) is 0 Å². The third kappa shape index (κ3) is 3.97. The second kappa shape index (κ2) is 8.34. The summed E-state index contributed by atoms with van der Waals surface area (Å²) in [5.41, 5.74) is 5.12. The van der Waals surface area contributed by atoms with Crippen LogP contribution in [0, 0.1) is 12.8 Å². The number of hydrogen-bond acceptors (Lipinski definition) is 3. The molecule has 0 unspecified atom stereocenters. The zero-order valence-corrected chi connectivity index (χ0v) is 18.6. The molecule has 0 saturated carbocycles. The van der Waals surface area contributed by atoms with E-state index in [2.05, 4.69) is 40.1 Å². The predicted octanol–water partition coefficient (Wildman–Crippen LogP) is 5.45. The van der Waals surface area contributed by atoms with Gasteiger partial charge in [0.15, 0.2) is 0 Å². The average molecular weight is 441 g/mol. The van der Waals surface area contributed by atoms with E-state index in [4.69, 9.17) is 0 Å². The summed E-state index contributed by atoms with van der Waals surface area (Å²) < 4.78 is 29.6. The zero-order valence-electron chi connectivity index (χ0n) is 17.8. The minimum atomic E-state index is -3.69. The van der Waals surface area contributed by atoms with Crippen molar-refractivity contribution in [3.8, 4) is 0 Å². The van der Waals surface area contributed by atoms with Gasteiger partial charge in [0, 0.05) is 17.5 Å². The molecule has 2 atom stereocenters. The van der Waals surface area contributed by atoms with Crippen LogP contribution in [0.3, 0.4) is 0 Å². The Labute approximate surface area is 188 Å². The highest BCUT2D eigenvalue weighted by Gasteiger charge is 2.31. The molecule has 1 aliphatic carbocycles. The molecule has 5 rings (SSSR count). The summed E-state index contributed by atoms with van der Waals surface area (Å²) in [5.74, 6) is -0.0438. The maximum absolute atomic E-state index is 13.3. The number of nitrogens with zero attached hydrogens (tertiary/aromatic N) is 1. The molecular weight excluding hydrogens is 416 g/mol. The molecule has 0 saturated heterocycles. The Morgan fingerprint density at radius 1 is 0.906 bits per heavy atom. The van der Waals surface area contributed by atoms with Crippen LogP contribution < -0.4 is 4.72 Å². The highest BCUT2D eigenvalue weighted by Crippen LogP contribution is 2.36. The standard InChI is InChI=1S/C27H24N2O2S/c1-19-11-15-24(16-12-19)32(30,31)29-27-23(14-13-20-6-2-3-10-25(20)27)18-22-8-4-7-21-9-5-17-28-26(21)22/h2-17,23,27,29H,18H2,1H3/t23-,27+/m1/s1. The molecule has 0 amide bonds. The molecule has 4 aromatic rings.